The van der Waals surface area contributed by atoms with Crippen molar-refractivity contribution in [3.63, 3.8) is 0 Å². The zero-order valence-corrected chi connectivity index (χ0v) is 17.7. The van der Waals surface area contributed by atoms with E-state index in [0.717, 1.165) is 16.7 Å². The number of hydrogen-bond acceptors (Lipinski definition) is 3. The standard InChI is InChI=1S/C26H26ClNO2/c1-19(26(30)22-12-6-3-7-13-22)28-16-15-25(29)24(21-10-4-2-5-11-21)18-20-9-8-14-23(27)17-20/h2-14,17-19,26,28,30H,15-16H2,1H3/b24-18+. The number of allylic oxidation sites excluding steroid dienone is 1. The summed E-state index contributed by atoms with van der Waals surface area (Å²) in [6.07, 6.45) is 1.58. The molecule has 0 heterocycles. The fourth-order valence-electron chi connectivity index (χ4n) is 3.30. The van der Waals surface area contributed by atoms with Gasteiger partial charge in [-0.05, 0) is 41.8 Å². The van der Waals surface area contributed by atoms with E-state index in [0.29, 0.717) is 23.6 Å². The van der Waals surface area contributed by atoms with Crippen LogP contribution in [0.2, 0.25) is 5.02 Å². The van der Waals surface area contributed by atoms with Crippen molar-refractivity contribution in [1.82, 2.24) is 5.32 Å². The molecule has 3 aromatic carbocycles. The minimum atomic E-state index is -0.628. The Hall–Kier alpha value is -2.72. The van der Waals surface area contributed by atoms with Crippen LogP contribution >= 0.6 is 11.6 Å². The molecular formula is C26H26ClNO2. The first-order valence-corrected chi connectivity index (χ1v) is 10.4. The third-order valence-corrected chi connectivity index (χ3v) is 5.21. The summed E-state index contributed by atoms with van der Waals surface area (Å²) >= 11 is 6.10. The van der Waals surface area contributed by atoms with E-state index >= 15 is 0 Å². The second-order valence-electron chi connectivity index (χ2n) is 7.25. The largest absolute Gasteiger partial charge is 0.387 e. The molecule has 0 aromatic heterocycles. The molecule has 0 radical (unpaired) electrons. The van der Waals surface area contributed by atoms with Gasteiger partial charge in [-0.2, -0.15) is 0 Å². The summed E-state index contributed by atoms with van der Waals surface area (Å²) in [5.41, 5.74) is 3.26. The third-order valence-electron chi connectivity index (χ3n) is 4.98. The van der Waals surface area contributed by atoms with Gasteiger partial charge in [0.2, 0.25) is 0 Å². The number of aliphatic hydroxyl groups excluding tert-OH is 1. The lowest BCUT2D eigenvalue weighted by Crippen LogP contribution is -2.33. The predicted octanol–water partition coefficient (Wildman–Crippen LogP) is 5.55. The summed E-state index contributed by atoms with van der Waals surface area (Å²) in [7, 11) is 0. The molecule has 0 amide bonds. The van der Waals surface area contributed by atoms with Gasteiger partial charge in [0.25, 0.3) is 0 Å². The average molecular weight is 420 g/mol. The zero-order valence-electron chi connectivity index (χ0n) is 17.0. The molecule has 154 valence electrons. The highest BCUT2D eigenvalue weighted by molar-refractivity contribution is 6.31. The number of hydrogen-bond donors (Lipinski definition) is 2. The maximum absolute atomic E-state index is 13.1. The van der Waals surface area contributed by atoms with Crippen LogP contribution in [0.3, 0.4) is 0 Å². The normalized spacial score (nSPS) is 13.6. The Balaban J connectivity index is 1.68. The van der Waals surface area contributed by atoms with Crippen LogP contribution in [-0.2, 0) is 4.79 Å². The molecule has 3 aromatic rings. The van der Waals surface area contributed by atoms with Crippen molar-refractivity contribution in [1.29, 1.82) is 0 Å². The van der Waals surface area contributed by atoms with E-state index in [1.807, 2.05) is 97.9 Å². The van der Waals surface area contributed by atoms with E-state index in [1.54, 1.807) is 0 Å². The van der Waals surface area contributed by atoms with Crippen LogP contribution in [0.1, 0.15) is 36.1 Å². The minimum absolute atomic E-state index is 0.0371. The van der Waals surface area contributed by atoms with Crippen molar-refractivity contribution in [2.24, 2.45) is 0 Å². The van der Waals surface area contributed by atoms with Crippen LogP contribution in [0, 0.1) is 0 Å². The first kappa shape index (κ1) is 22.0. The summed E-state index contributed by atoms with van der Waals surface area (Å²) in [6, 6.07) is 26.5. The average Bonchev–Trinajstić information content (AvgIpc) is 2.78. The SMILES string of the molecule is CC(NCCC(=O)/C(=C/c1cccc(Cl)c1)c1ccccc1)C(O)c1ccccc1. The number of halogens is 1. The van der Waals surface area contributed by atoms with Crippen molar-refractivity contribution in [3.8, 4) is 0 Å². The van der Waals surface area contributed by atoms with Crippen LogP contribution in [0.25, 0.3) is 11.6 Å². The second-order valence-corrected chi connectivity index (χ2v) is 7.69. The van der Waals surface area contributed by atoms with E-state index in [1.165, 1.54) is 0 Å². The fraction of sp³-hybridized carbons (Fsp3) is 0.192. The van der Waals surface area contributed by atoms with Crippen molar-refractivity contribution in [2.75, 3.05) is 6.54 Å². The lowest BCUT2D eigenvalue weighted by atomic mass is 9.97. The highest BCUT2D eigenvalue weighted by Crippen LogP contribution is 2.22. The third kappa shape index (κ3) is 6.14. The molecule has 0 fully saturated rings. The molecule has 0 bridgehead atoms. The van der Waals surface area contributed by atoms with E-state index < -0.39 is 6.10 Å². The number of carbonyl (C=O) groups excluding carboxylic acids is 1. The summed E-state index contributed by atoms with van der Waals surface area (Å²) in [5.74, 6) is 0.0371. The van der Waals surface area contributed by atoms with Crippen LogP contribution in [0.15, 0.2) is 84.9 Å². The van der Waals surface area contributed by atoms with Gasteiger partial charge in [0, 0.05) is 29.6 Å². The van der Waals surface area contributed by atoms with E-state index in [2.05, 4.69) is 5.32 Å². The maximum Gasteiger partial charge on any atom is 0.164 e. The van der Waals surface area contributed by atoms with Gasteiger partial charge in [0.05, 0.1) is 6.10 Å². The van der Waals surface area contributed by atoms with Gasteiger partial charge < -0.3 is 10.4 Å². The van der Waals surface area contributed by atoms with Gasteiger partial charge in [0.1, 0.15) is 0 Å². The Morgan fingerprint density at radius 3 is 2.33 bits per heavy atom. The number of nitrogens with one attached hydrogen (secondary N) is 1. The monoisotopic (exact) mass is 419 g/mol. The quantitative estimate of drug-likeness (QED) is 0.353. The minimum Gasteiger partial charge on any atom is -0.387 e. The second kappa shape index (κ2) is 10.9. The molecule has 3 nitrogen and oxygen atoms in total. The predicted molar refractivity (Wildman–Crippen MR) is 124 cm³/mol. The van der Waals surface area contributed by atoms with Crippen LogP contribution < -0.4 is 5.32 Å². The number of benzene rings is 3. The van der Waals surface area contributed by atoms with Gasteiger partial charge >= 0.3 is 0 Å². The van der Waals surface area contributed by atoms with Gasteiger partial charge in [-0.1, -0.05) is 84.4 Å². The summed E-state index contributed by atoms with van der Waals surface area (Å²) in [5, 5.41) is 14.4. The van der Waals surface area contributed by atoms with Gasteiger partial charge in [-0.25, -0.2) is 0 Å². The molecule has 3 rings (SSSR count). The van der Waals surface area contributed by atoms with E-state index in [4.69, 9.17) is 11.6 Å². The molecular weight excluding hydrogens is 394 g/mol. The fourth-order valence-corrected chi connectivity index (χ4v) is 3.50. The van der Waals surface area contributed by atoms with Crippen LogP contribution in [0.4, 0.5) is 0 Å². The molecule has 0 saturated heterocycles. The smallest absolute Gasteiger partial charge is 0.164 e. The number of ketones is 1. The number of aliphatic hydroxyl groups is 1. The first-order valence-electron chi connectivity index (χ1n) is 10.1. The Kier molecular flexibility index (Phi) is 7.97. The number of rotatable bonds is 9. The van der Waals surface area contributed by atoms with Gasteiger partial charge in [0.15, 0.2) is 5.78 Å². The van der Waals surface area contributed by atoms with Crippen molar-refractivity contribution >= 4 is 29.0 Å². The molecule has 0 aliphatic carbocycles. The van der Waals surface area contributed by atoms with Gasteiger partial charge in [-0.3, -0.25) is 4.79 Å². The summed E-state index contributed by atoms with van der Waals surface area (Å²) in [6.45, 7) is 2.39. The molecule has 0 saturated carbocycles. The molecule has 0 aliphatic rings. The van der Waals surface area contributed by atoms with Crippen molar-refractivity contribution < 1.29 is 9.90 Å². The zero-order chi connectivity index (χ0) is 21.3. The lowest BCUT2D eigenvalue weighted by molar-refractivity contribution is -0.113. The molecule has 30 heavy (non-hydrogen) atoms. The molecule has 2 atom stereocenters. The topological polar surface area (TPSA) is 49.3 Å². The van der Waals surface area contributed by atoms with Crippen LogP contribution in [0.5, 0.6) is 0 Å². The molecule has 2 N–H and O–H groups in total. The van der Waals surface area contributed by atoms with Gasteiger partial charge in [-0.15, -0.1) is 0 Å². The Morgan fingerprint density at radius 1 is 1.00 bits per heavy atom. The highest BCUT2D eigenvalue weighted by atomic mass is 35.5. The molecule has 0 spiro atoms. The number of Topliss-reactive ketones (excluding diaryl/α,β-unsaturated/α-hetero) is 1. The first-order chi connectivity index (χ1) is 14.5. The number of carbonyl (C=O) groups is 1. The van der Waals surface area contributed by atoms with Crippen molar-refractivity contribution in [2.45, 2.75) is 25.5 Å². The summed E-state index contributed by atoms with van der Waals surface area (Å²) < 4.78 is 0. The van der Waals surface area contributed by atoms with E-state index in [-0.39, 0.29) is 11.8 Å². The molecule has 4 heteroatoms. The van der Waals surface area contributed by atoms with Crippen LogP contribution in [-0.4, -0.2) is 23.5 Å². The Morgan fingerprint density at radius 2 is 1.67 bits per heavy atom. The Bertz CT molecular complexity index is 986. The van der Waals surface area contributed by atoms with Crippen molar-refractivity contribution in [3.05, 3.63) is 107 Å². The van der Waals surface area contributed by atoms with E-state index in [9.17, 15) is 9.90 Å². The lowest BCUT2D eigenvalue weighted by Gasteiger charge is -2.20. The molecule has 0 aliphatic heterocycles. The molecule has 2 unspecified atom stereocenters. The highest BCUT2D eigenvalue weighted by Gasteiger charge is 2.17. The Labute approximate surface area is 183 Å². The maximum atomic E-state index is 13.1. The summed E-state index contributed by atoms with van der Waals surface area (Å²) in [4.78, 5) is 13.1.